The molecule has 0 rings (SSSR count). The van der Waals surface area contributed by atoms with E-state index in [1.165, 1.54) is 0 Å². The van der Waals surface area contributed by atoms with Crippen molar-refractivity contribution in [3.05, 3.63) is 0 Å². The second-order valence-electron chi connectivity index (χ2n) is 19.1. The van der Waals surface area contributed by atoms with Gasteiger partial charge in [0.15, 0.2) is 0 Å². The highest BCUT2D eigenvalue weighted by molar-refractivity contribution is 5.90. The fraction of sp³-hybridized carbons (Fsp3) is 0.780. The summed E-state index contributed by atoms with van der Waals surface area (Å²) in [5, 5.41) is 54.2. The molecule has 0 aliphatic carbocycles. The van der Waals surface area contributed by atoms with Gasteiger partial charge in [-0.2, -0.15) is 79.0 Å². The van der Waals surface area contributed by atoms with Crippen LogP contribution in [0.3, 0.4) is 0 Å². The molecule has 0 saturated heterocycles. The number of nitrogens with zero attached hydrogens (tertiary/aromatic N) is 1. The zero-order valence-corrected chi connectivity index (χ0v) is 51.5. The van der Waals surface area contributed by atoms with Crippen LogP contribution in [0.4, 0.5) is 79.0 Å². The van der Waals surface area contributed by atoms with Crippen molar-refractivity contribution in [3.63, 3.8) is 0 Å². The molecule has 5 amide bonds. The predicted octanol–water partition coefficient (Wildman–Crippen LogP) is 4.13. The summed E-state index contributed by atoms with van der Waals surface area (Å²) in [6.07, 6.45) is -16.2. The van der Waals surface area contributed by atoms with Gasteiger partial charge in [0.2, 0.25) is 29.5 Å². The number of amides is 5. The number of nitrogens with one attached hydrogen (secondary N) is 4. The third kappa shape index (κ3) is 66.7. The molecule has 0 aromatic carbocycles. The van der Waals surface area contributed by atoms with Crippen LogP contribution >= 0.6 is 0 Å². The number of hydrogen-bond acceptors (Lipinski definition) is 17. The summed E-state index contributed by atoms with van der Waals surface area (Å²) < 4.78 is 190. The highest BCUT2D eigenvalue weighted by Crippen LogP contribution is 2.17. The topological polar surface area (TPSA) is 517 Å². The molecular weight excluding hydrogens is 1370 g/mol. The third-order valence-electron chi connectivity index (χ3n) is 10.9. The lowest BCUT2D eigenvalue weighted by atomic mass is 10.1. The Bertz CT molecular complexity index is 1970. The first-order chi connectivity index (χ1) is 43.7. The summed E-state index contributed by atoms with van der Waals surface area (Å²) in [4.78, 5) is 120. The van der Waals surface area contributed by atoms with Gasteiger partial charge in [-0.05, 0) is 110 Å². The van der Waals surface area contributed by atoms with E-state index < -0.39 is 97.0 Å². The molecule has 0 fully saturated rings. The van der Waals surface area contributed by atoms with Crippen LogP contribution in [0.1, 0.15) is 135 Å². The minimum absolute atomic E-state index is 0.0373. The lowest BCUT2D eigenvalue weighted by Crippen LogP contribution is -2.52. The Kier molecular flexibility index (Phi) is 59.4. The Morgan fingerprint density at radius 3 is 0.792 bits per heavy atom. The number of carboxylic acids is 6. The number of carbonyl (C=O) groups is 11. The lowest BCUT2D eigenvalue weighted by molar-refractivity contribution is -0.193. The number of hydrogen-bond donors (Lipinski definition) is 16. The normalized spacial score (nSPS) is 12.5. The van der Waals surface area contributed by atoms with E-state index in [-0.39, 0.29) is 29.5 Å². The molecule has 0 radical (unpaired) electrons. The van der Waals surface area contributed by atoms with Crippen LogP contribution < -0.4 is 55.7 Å². The maximum atomic E-state index is 13.3. The van der Waals surface area contributed by atoms with Gasteiger partial charge in [0.1, 0.15) is 12.1 Å². The molecule has 4 atom stereocenters. The van der Waals surface area contributed by atoms with Gasteiger partial charge in [0.05, 0.1) is 12.1 Å². The quantitative estimate of drug-likeness (QED) is 0.0310. The molecular formula is C50H85F18N11O17. The smallest absolute Gasteiger partial charge is 0.475 e. The van der Waals surface area contributed by atoms with Gasteiger partial charge in [-0.3, -0.25) is 24.0 Å². The number of halogens is 18. The lowest BCUT2D eigenvalue weighted by Gasteiger charge is -2.24. The zero-order valence-electron chi connectivity index (χ0n) is 51.5. The summed E-state index contributed by atoms with van der Waals surface area (Å²) in [5.74, 6) is -17.8. The number of carbonyl (C=O) groups excluding carboxylic acids is 5. The van der Waals surface area contributed by atoms with Crippen molar-refractivity contribution in [1.29, 1.82) is 0 Å². The molecule has 22 N–H and O–H groups in total. The fourth-order valence-electron chi connectivity index (χ4n) is 5.97. The van der Waals surface area contributed by atoms with Crippen molar-refractivity contribution in [2.45, 2.75) is 197 Å². The first kappa shape index (κ1) is 102. The minimum Gasteiger partial charge on any atom is -0.475 e. The van der Waals surface area contributed by atoms with E-state index in [0.29, 0.717) is 110 Å². The van der Waals surface area contributed by atoms with Crippen LogP contribution in [0.15, 0.2) is 0 Å². The van der Waals surface area contributed by atoms with E-state index >= 15 is 0 Å². The number of rotatable bonds is 36. The summed E-state index contributed by atoms with van der Waals surface area (Å²) in [5.41, 5.74) is 34.5. The van der Waals surface area contributed by atoms with Crippen molar-refractivity contribution in [2.24, 2.45) is 34.4 Å². The second kappa shape index (κ2) is 55.8. The van der Waals surface area contributed by atoms with Crippen LogP contribution in [0, 0.1) is 0 Å². The fourth-order valence-corrected chi connectivity index (χ4v) is 5.97. The molecule has 96 heavy (non-hydrogen) atoms. The maximum absolute atomic E-state index is 13.3. The summed E-state index contributed by atoms with van der Waals surface area (Å²) in [6, 6.07) is -2.90. The van der Waals surface area contributed by atoms with Gasteiger partial charge in [-0.1, -0.05) is 45.4 Å². The van der Waals surface area contributed by atoms with E-state index in [9.17, 15) is 103 Å². The predicted molar refractivity (Wildman–Crippen MR) is 299 cm³/mol. The first-order valence-electron chi connectivity index (χ1n) is 28.3. The SMILES string of the molecule is CCCCCCCC(=O)N(CCCNC(=O)[C@@H](CCCCN)NC(=O)[C@H](N)CCCCN)CCCNC(=O)[C@@H](CCCCN)NC(=O)[C@H](N)CCCCN.O=C(O)C(F)(F)F.O=C(O)C(F)(F)F.O=C(O)C(F)(F)F.O=C(O)C(F)(F)F.O=C(O)C(F)(F)F.O=C(O)C(F)(F)F. The molecule has 0 aliphatic rings. The molecule has 28 nitrogen and oxygen atoms in total. The molecule has 0 unspecified atom stereocenters. The number of unbranched alkanes of at least 4 members (excludes halogenated alkanes) is 8. The number of carboxylic acid groups (broad SMARTS) is 6. The van der Waals surface area contributed by atoms with Crippen LogP contribution in [-0.4, -0.2) is 214 Å². The van der Waals surface area contributed by atoms with Gasteiger partial charge in [0, 0.05) is 32.6 Å². The number of alkyl halides is 18. The van der Waals surface area contributed by atoms with Crippen LogP contribution in [0.25, 0.3) is 0 Å². The average molecular weight is 1450 g/mol. The third-order valence-corrected chi connectivity index (χ3v) is 10.9. The zero-order chi connectivity index (χ0) is 76.9. The van der Waals surface area contributed by atoms with Crippen molar-refractivity contribution in [2.75, 3.05) is 52.4 Å². The molecule has 0 bridgehead atoms. The van der Waals surface area contributed by atoms with E-state index in [0.717, 1.165) is 70.6 Å². The number of nitrogens with two attached hydrogens (primary N) is 6. The molecule has 0 aromatic heterocycles. The Labute approximate surface area is 536 Å². The highest BCUT2D eigenvalue weighted by atomic mass is 19.4. The summed E-state index contributed by atoms with van der Waals surface area (Å²) >= 11 is 0. The Morgan fingerprint density at radius 1 is 0.344 bits per heavy atom. The minimum atomic E-state index is -5.08. The van der Waals surface area contributed by atoms with Gasteiger partial charge < -0.3 is 91.2 Å². The van der Waals surface area contributed by atoms with Crippen molar-refractivity contribution in [3.8, 4) is 0 Å². The van der Waals surface area contributed by atoms with Crippen LogP contribution in [-0.2, 0) is 52.7 Å². The highest BCUT2D eigenvalue weighted by Gasteiger charge is 2.41. The summed E-state index contributed by atoms with van der Waals surface area (Å²) in [6.45, 7) is 5.68. The number of aliphatic carboxylic acids is 6. The largest absolute Gasteiger partial charge is 0.490 e. The molecule has 0 saturated carbocycles. The maximum Gasteiger partial charge on any atom is 0.490 e. The van der Waals surface area contributed by atoms with Crippen molar-refractivity contribution < 1.29 is 162 Å². The van der Waals surface area contributed by atoms with Crippen molar-refractivity contribution in [1.82, 2.24) is 26.2 Å². The van der Waals surface area contributed by atoms with E-state index in [2.05, 4.69) is 28.2 Å². The van der Waals surface area contributed by atoms with Crippen molar-refractivity contribution >= 4 is 65.4 Å². The molecule has 0 aromatic rings. The van der Waals surface area contributed by atoms with E-state index in [1.54, 1.807) is 4.90 Å². The molecule has 0 spiro atoms. The molecule has 568 valence electrons. The standard InChI is InChI=1S/C38H79N11O5.6C2HF3O2/c1-2-3-4-5-6-21-34(50)49(28-15-26-45-37(53)32(19-9-13-24-41)47-35(51)30(43)17-7-11-22-39)29-16-27-46-38(54)33(20-10-14-25-42)48-36(52)31(44)18-8-12-23-40;6*3-2(4,5)1(6)7/h30-33H,2-29,39-44H2,1H3,(H,45,53)(H,46,54)(H,47,51)(H,48,52);6*(H,6,7)/t30-,31-,32-,33-;;;;;;/m1....../s1. The first-order valence-corrected chi connectivity index (χ1v) is 28.3. The van der Waals surface area contributed by atoms with Crippen LogP contribution in [0.2, 0.25) is 0 Å². The Balaban J connectivity index is -0.000000297. The molecule has 46 heteroatoms. The van der Waals surface area contributed by atoms with Crippen LogP contribution in [0.5, 0.6) is 0 Å². The Morgan fingerprint density at radius 2 is 0.573 bits per heavy atom. The van der Waals surface area contributed by atoms with Gasteiger partial charge in [0.25, 0.3) is 0 Å². The van der Waals surface area contributed by atoms with E-state index in [4.69, 9.17) is 93.8 Å². The average Bonchev–Trinajstić information content (AvgIpc) is 1.56. The van der Waals surface area contributed by atoms with Gasteiger partial charge in [-0.25, -0.2) is 28.8 Å². The van der Waals surface area contributed by atoms with E-state index in [1.807, 2.05) is 0 Å². The summed E-state index contributed by atoms with van der Waals surface area (Å²) in [7, 11) is 0. The second-order valence-corrected chi connectivity index (χ2v) is 19.1. The monoisotopic (exact) mass is 1450 g/mol. The molecule has 0 heterocycles. The van der Waals surface area contributed by atoms with Gasteiger partial charge >= 0.3 is 72.9 Å². The Hall–Kier alpha value is -7.33. The molecule has 0 aliphatic heterocycles. The van der Waals surface area contributed by atoms with Gasteiger partial charge in [-0.15, -0.1) is 0 Å².